The number of nitro benzene ring substituents is 1. The maximum atomic E-state index is 11.0. The lowest BCUT2D eigenvalue weighted by atomic mass is 10.2. The van der Waals surface area contributed by atoms with E-state index in [1.807, 2.05) is 0 Å². The molecule has 0 aromatic heterocycles. The maximum absolute atomic E-state index is 11.0. The van der Waals surface area contributed by atoms with Crippen LogP contribution in [0.4, 0.5) is 5.69 Å². The largest absolute Gasteiger partial charge is 0.485 e. The Morgan fingerprint density at radius 1 is 1.39 bits per heavy atom. The van der Waals surface area contributed by atoms with Gasteiger partial charge in [0.15, 0.2) is 0 Å². The van der Waals surface area contributed by atoms with Crippen molar-refractivity contribution in [2.24, 2.45) is 0 Å². The van der Waals surface area contributed by atoms with Crippen molar-refractivity contribution in [3.8, 4) is 0 Å². The minimum Gasteiger partial charge on any atom is -0.485 e. The normalized spacial score (nSPS) is 15.1. The zero-order chi connectivity index (χ0) is 13.1. The van der Waals surface area contributed by atoms with E-state index < -0.39 is 10.9 Å². The van der Waals surface area contributed by atoms with Gasteiger partial charge in [-0.1, -0.05) is 0 Å². The number of carboxylic acid groups (broad SMARTS) is 1. The average Bonchev–Trinajstić information content (AvgIpc) is 2.39. The quantitative estimate of drug-likeness (QED) is 0.666. The summed E-state index contributed by atoms with van der Waals surface area (Å²) in [6.07, 6.45) is 0. The molecule has 1 aromatic rings. The van der Waals surface area contributed by atoms with Crippen LogP contribution in [-0.4, -0.2) is 28.4 Å². The Morgan fingerprint density at radius 2 is 2.06 bits per heavy atom. The number of carbonyl (C=O) groups is 1. The molecule has 1 aliphatic rings. The van der Waals surface area contributed by atoms with Crippen LogP contribution in [0.3, 0.4) is 0 Å². The summed E-state index contributed by atoms with van der Waals surface area (Å²) in [7, 11) is 0. The molecular weight excluding hydrogens is 258 g/mol. The van der Waals surface area contributed by atoms with Crippen LogP contribution < -0.4 is 0 Å². The number of benzene rings is 1. The topological polar surface area (TPSA) is 89.7 Å². The SMILES string of the molecule is O=C(O)C1=C(c2ccc([N+](=O)[O-])cc2)SCCO1. The van der Waals surface area contributed by atoms with Crippen molar-refractivity contribution < 1.29 is 19.6 Å². The van der Waals surface area contributed by atoms with Gasteiger partial charge in [0, 0.05) is 17.9 Å². The summed E-state index contributed by atoms with van der Waals surface area (Å²) in [6, 6.07) is 5.74. The Hall–Kier alpha value is -2.02. The van der Waals surface area contributed by atoms with Crippen molar-refractivity contribution in [3.05, 3.63) is 45.7 Å². The highest BCUT2D eigenvalue weighted by molar-refractivity contribution is 8.08. The van der Waals surface area contributed by atoms with Crippen LogP contribution in [0.25, 0.3) is 4.91 Å². The van der Waals surface area contributed by atoms with Gasteiger partial charge in [0.1, 0.15) is 0 Å². The van der Waals surface area contributed by atoms with Crippen molar-refractivity contribution >= 4 is 28.3 Å². The maximum Gasteiger partial charge on any atom is 0.372 e. The second kappa shape index (κ2) is 5.09. The molecule has 0 saturated heterocycles. The molecule has 0 fully saturated rings. The first-order valence-corrected chi connectivity index (χ1v) is 6.06. The van der Waals surface area contributed by atoms with Gasteiger partial charge >= 0.3 is 5.97 Å². The highest BCUT2D eigenvalue weighted by atomic mass is 32.2. The van der Waals surface area contributed by atoms with Crippen LogP contribution in [0.5, 0.6) is 0 Å². The summed E-state index contributed by atoms with van der Waals surface area (Å²) in [6.45, 7) is 0.350. The molecule has 1 aromatic carbocycles. The van der Waals surface area contributed by atoms with Gasteiger partial charge in [0.25, 0.3) is 5.69 Å². The highest BCUT2D eigenvalue weighted by Gasteiger charge is 2.22. The van der Waals surface area contributed by atoms with Gasteiger partial charge < -0.3 is 9.84 Å². The van der Waals surface area contributed by atoms with Crippen molar-refractivity contribution in [2.45, 2.75) is 0 Å². The highest BCUT2D eigenvalue weighted by Crippen LogP contribution is 2.35. The number of non-ortho nitro benzene ring substituents is 1. The molecule has 0 radical (unpaired) electrons. The van der Waals surface area contributed by atoms with Gasteiger partial charge in [-0.25, -0.2) is 4.79 Å². The Bertz CT molecular complexity index is 523. The zero-order valence-electron chi connectivity index (χ0n) is 9.16. The molecule has 0 bridgehead atoms. The van der Waals surface area contributed by atoms with E-state index >= 15 is 0 Å². The first-order valence-electron chi connectivity index (χ1n) is 5.07. The molecule has 1 heterocycles. The number of carboxylic acids is 1. The van der Waals surface area contributed by atoms with Crippen LogP contribution in [0, 0.1) is 10.1 Å². The molecule has 18 heavy (non-hydrogen) atoms. The van der Waals surface area contributed by atoms with E-state index in [-0.39, 0.29) is 11.4 Å². The molecule has 0 unspecified atom stereocenters. The molecule has 94 valence electrons. The lowest BCUT2D eigenvalue weighted by Crippen LogP contribution is -2.13. The van der Waals surface area contributed by atoms with Crippen molar-refractivity contribution in [2.75, 3.05) is 12.4 Å². The molecule has 7 heteroatoms. The standard InChI is InChI=1S/C11H9NO5S/c13-11(14)9-10(18-6-5-17-9)7-1-3-8(4-2-7)12(15)16/h1-4H,5-6H2,(H,13,14). The van der Waals surface area contributed by atoms with Crippen LogP contribution in [0.15, 0.2) is 30.0 Å². The average molecular weight is 267 g/mol. The summed E-state index contributed by atoms with van der Waals surface area (Å²) < 4.78 is 5.11. The van der Waals surface area contributed by atoms with E-state index in [4.69, 9.17) is 9.84 Å². The molecule has 1 N–H and O–H groups in total. The van der Waals surface area contributed by atoms with E-state index in [0.29, 0.717) is 22.8 Å². The summed E-state index contributed by atoms with van der Waals surface area (Å²) in [5.41, 5.74) is 0.584. The second-order valence-corrected chi connectivity index (χ2v) is 4.57. The molecule has 0 atom stereocenters. The molecule has 0 aliphatic carbocycles. The lowest BCUT2D eigenvalue weighted by Gasteiger charge is -2.18. The summed E-state index contributed by atoms with van der Waals surface area (Å²) in [5.74, 6) is -0.570. The van der Waals surface area contributed by atoms with Gasteiger partial charge in [0.2, 0.25) is 5.76 Å². The number of hydrogen-bond donors (Lipinski definition) is 1. The Kier molecular flexibility index (Phi) is 3.52. The van der Waals surface area contributed by atoms with E-state index in [0.717, 1.165) is 0 Å². The predicted molar refractivity (Wildman–Crippen MR) is 66.1 cm³/mol. The zero-order valence-corrected chi connectivity index (χ0v) is 9.98. The fraction of sp³-hybridized carbons (Fsp3) is 0.182. The predicted octanol–water partition coefficient (Wildman–Crippen LogP) is 2.11. The minimum absolute atomic E-state index is 0.0297. The summed E-state index contributed by atoms with van der Waals surface area (Å²) in [4.78, 5) is 21.5. The van der Waals surface area contributed by atoms with Gasteiger partial charge in [-0.05, 0) is 17.7 Å². The van der Waals surface area contributed by atoms with Gasteiger partial charge in [-0.2, -0.15) is 0 Å². The molecule has 1 aliphatic heterocycles. The summed E-state index contributed by atoms with van der Waals surface area (Å²) in [5, 5.41) is 19.5. The van der Waals surface area contributed by atoms with Crippen LogP contribution >= 0.6 is 11.8 Å². The number of rotatable bonds is 3. The van der Waals surface area contributed by atoms with Crippen LogP contribution in [-0.2, 0) is 9.53 Å². The molecule has 0 amide bonds. The fourth-order valence-electron chi connectivity index (χ4n) is 1.53. The Labute approximate surface area is 106 Å². The van der Waals surface area contributed by atoms with Crippen LogP contribution in [0.2, 0.25) is 0 Å². The number of thioether (sulfide) groups is 1. The van der Waals surface area contributed by atoms with E-state index in [1.54, 1.807) is 0 Å². The third-order valence-corrected chi connectivity index (χ3v) is 3.40. The number of hydrogen-bond acceptors (Lipinski definition) is 5. The number of ether oxygens (including phenoxy) is 1. The molecule has 0 spiro atoms. The smallest absolute Gasteiger partial charge is 0.372 e. The third-order valence-electron chi connectivity index (χ3n) is 2.32. The van der Waals surface area contributed by atoms with Gasteiger partial charge in [-0.3, -0.25) is 10.1 Å². The fourth-order valence-corrected chi connectivity index (χ4v) is 2.48. The first-order chi connectivity index (χ1) is 8.59. The molecule has 6 nitrogen and oxygen atoms in total. The Morgan fingerprint density at radius 3 is 2.61 bits per heavy atom. The number of aliphatic carboxylic acids is 1. The number of nitrogens with zero attached hydrogens (tertiary/aromatic N) is 1. The summed E-state index contributed by atoms with van der Waals surface area (Å²) >= 11 is 1.37. The van der Waals surface area contributed by atoms with Crippen molar-refractivity contribution in [1.29, 1.82) is 0 Å². The van der Waals surface area contributed by atoms with Gasteiger partial charge in [-0.15, -0.1) is 11.8 Å². The minimum atomic E-state index is -1.13. The Balaban J connectivity index is 2.40. The molecular formula is C11H9NO5S. The van der Waals surface area contributed by atoms with E-state index in [1.165, 1.54) is 36.0 Å². The first kappa shape index (κ1) is 12.4. The molecule has 0 saturated carbocycles. The number of nitro groups is 1. The van der Waals surface area contributed by atoms with Crippen molar-refractivity contribution in [1.82, 2.24) is 0 Å². The molecule has 2 rings (SSSR count). The van der Waals surface area contributed by atoms with Gasteiger partial charge in [0.05, 0.1) is 16.4 Å². The lowest BCUT2D eigenvalue weighted by molar-refractivity contribution is -0.384. The van der Waals surface area contributed by atoms with E-state index in [9.17, 15) is 14.9 Å². The van der Waals surface area contributed by atoms with Crippen LogP contribution in [0.1, 0.15) is 5.56 Å². The second-order valence-electron chi connectivity index (χ2n) is 3.46. The van der Waals surface area contributed by atoms with E-state index in [2.05, 4.69) is 0 Å². The third kappa shape index (κ3) is 2.45. The monoisotopic (exact) mass is 267 g/mol. The van der Waals surface area contributed by atoms with Crippen molar-refractivity contribution in [3.63, 3.8) is 0 Å².